The highest BCUT2D eigenvalue weighted by atomic mass is 16.2. The second-order valence-corrected chi connectivity index (χ2v) is 8.76. The van der Waals surface area contributed by atoms with Gasteiger partial charge < -0.3 is 10.2 Å². The van der Waals surface area contributed by atoms with Crippen molar-refractivity contribution >= 4 is 17.8 Å². The fourth-order valence-electron chi connectivity index (χ4n) is 4.57. The molecule has 3 heterocycles. The lowest BCUT2D eigenvalue weighted by Crippen LogP contribution is -2.59. The number of carbonyl (C=O) groups is 3. The van der Waals surface area contributed by atoms with Crippen molar-refractivity contribution in [3.8, 4) is 11.3 Å². The van der Waals surface area contributed by atoms with Gasteiger partial charge >= 0.3 is 6.03 Å². The number of imide groups is 1. The molecule has 0 aliphatic carbocycles. The quantitative estimate of drug-likeness (QED) is 0.606. The Morgan fingerprint density at radius 1 is 1.09 bits per heavy atom. The molecule has 2 saturated heterocycles. The van der Waals surface area contributed by atoms with E-state index in [1.165, 1.54) is 0 Å². The lowest BCUT2D eigenvalue weighted by Gasteiger charge is -2.38. The zero-order valence-corrected chi connectivity index (χ0v) is 18.4. The Labute approximate surface area is 191 Å². The molecular formula is C25H25N5O3. The Kier molecular flexibility index (Phi) is 5.20. The second-order valence-electron chi connectivity index (χ2n) is 8.76. The first-order valence-corrected chi connectivity index (χ1v) is 11.0. The Morgan fingerprint density at radius 2 is 1.85 bits per heavy atom. The summed E-state index contributed by atoms with van der Waals surface area (Å²) in [6.45, 7) is 3.20. The van der Waals surface area contributed by atoms with Crippen LogP contribution in [-0.4, -0.2) is 51.2 Å². The minimum atomic E-state index is -1.06. The monoisotopic (exact) mass is 443 g/mol. The fourth-order valence-corrected chi connectivity index (χ4v) is 4.57. The van der Waals surface area contributed by atoms with Gasteiger partial charge in [-0.25, -0.2) is 4.79 Å². The van der Waals surface area contributed by atoms with E-state index in [-0.39, 0.29) is 18.4 Å². The van der Waals surface area contributed by atoms with Gasteiger partial charge in [0.2, 0.25) is 0 Å². The highest BCUT2D eigenvalue weighted by Gasteiger charge is 2.49. The maximum atomic E-state index is 13.7. The molecule has 1 unspecified atom stereocenters. The van der Waals surface area contributed by atoms with Crippen molar-refractivity contribution in [2.75, 3.05) is 13.1 Å². The van der Waals surface area contributed by atoms with Gasteiger partial charge in [0.25, 0.3) is 11.8 Å². The molecule has 2 aromatic carbocycles. The number of carbonyl (C=O) groups excluding carboxylic acids is 3. The molecule has 168 valence electrons. The third-order valence-corrected chi connectivity index (χ3v) is 6.30. The van der Waals surface area contributed by atoms with Crippen LogP contribution in [0.4, 0.5) is 4.79 Å². The summed E-state index contributed by atoms with van der Waals surface area (Å²) in [5.41, 5.74) is 3.09. The lowest BCUT2D eigenvalue weighted by molar-refractivity contribution is -0.125. The van der Waals surface area contributed by atoms with E-state index in [0.29, 0.717) is 37.2 Å². The topological polar surface area (TPSA) is 96.3 Å². The maximum absolute atomic E-state index is 13.7. The van der Waals surface area contributed by atoms with Crippen LogP contribution in [0.25, 0.3) is 11.3 Å². The number of aryl methyl sites for hydroxylation is 1. The van der Waals surface area contributed by atoms with E-state index >= 15 is 0 Å². The molecule has 2 N–H and O–H groups in total. The van der Waals surface area contributed by atoms with E-state index < -0.39 is 11.6 Å². The summed E-state index contributed by atoms with van der Waals surface area (Å²) in [6.07, 6.45) is 2.91. The minimum Gasteiger partial charge on any atom is -0.336 e. The van der Waals surface area contributed by atoms with Crippen LogP contribution in [0.2, 0.25) is 0 Å². The number of hydrogen-bond donors (Lipinski definition) is 2. The van der Waals surface area contributed by atoms with Gasteiger partial charge in [-0.1, -0.05) is 60.2 Å². The molecule has 3 aromatic rings. The smallest absolute Gasteiger partial charge is 0.322 e. The molecule has 1 atom stereocenters. The molecule has 33 heavy (non-hydrogen) atoms. The van der Waals surface area contributed by atoms with E-state index in [0.717, 1.165) is 16.7 Å². The van der Waals surface area contributed by atoms with E-state index in [1.54, 1.807) is 15.8 Å². The van der Waals surface area contributed by atoms with Crippen molar-refractivity contribution in [3.05, 3.63) is 77.5 Å². The molecule has 1 spiro atoms. The van der Waals surface area contributed by atoms with Crippen LogP contribution in [-0.2, 0) is 11.3 Å². The van der Waals surface area contributed by atoms with Crippen molar-refractivity contribution in [1.29, 1.82) is 0 Å². The summed E-state index contributed by atoms with van der Waals surface area (Å²) in [5.74, 6) is -0.568. The van der Waals surface area contributed by atoms with Gasteiger partial charge in [-0.2, -0.15) is 5.10 Å². The summed E-state index contributed by atoms with van der Waals surface area (Å²) in [5, 5.41) is 9.80. The zero-order valence-electron chi connectivity index (χ0n) is 18.4. The number of hydrogen-bond acceptors (Lipinski definition) is 4. The van der Waals surface area contributed by atoms with Crippen LogP contribution >= 0.6 is 0 Å². The van der Waals surface area contributed by atoms with Crippen molar-refractivity contribution in [1.82, 2.24) is 25.3 Å². The van der Waals surface area contributed by atoms with Crippen LogP contribution in [0.3, 0.4) is 0 Å². The van der Waals surface area contributed by atoms with Crippen molar-refractivity contribution in [2.24, 2.45) is 0 Å². The van der Waals surface area contributed by atoms with Crippen LogP contribution in [0.5, 0.6) is 0 Å². The highest BCUT2D eigenvalue weighted by Crippen LogP contribution is 2.29. The molecule has 8 heteroatoms. The number of nitrogens with one attached hydrogen (secondary N) is 2. The molecular weight excluding hydrogens is 418 g/mol. The molecule has 8 nitrogen and oxygen atoms in total. The van der Waals surface area contributed by atoms with Gasteiger partial charge in [0.15, 0.2) is 0 Å². The Balaban J connectivity index is 1.49. The summed E-state index contributed by atoms with van der Waals surface area (Å²) in [6, 6.07) is 17.3. The minimum absolute atomic E-state index is 0.139. The third kappa shape index (κ3) is 4.00. The summed E-state index contributed by atoms with van der Waals surface area (Å²) >= 11 is 0. The van der Waals surface area contributed by atoms with Crippen LogP contribution < -0.4 is 10.6 Å². The normalized spacial score (nSPS) is 20.1. The van der Waals surface area contributed by atoms with Gasteiger partial charge in [0.1, 0.15) is 11.2 Å². The number of rotatable bonds is 4. The maximum Gasteiger partial charge on any atom is 0.322 e. The molecule has 0 saturated carbocycles. The zero-order chi connectivity index (χ0) is 23.0. The summed E-state index contributed by atoms with van der Waals surface area (Å²) in [4.78, 5) is 39.5. The standard InChI is InChI=1S/C25H25N5O3/c1-17-8-10-19(11-9-17)21-20(15-30(28-21)14-18-6-3-2-4-7-18)22(31)29-13-5-12-25(16-29)23(32)26-24(33)27-25/h2-4,6-11,15H,5,12-14,16H2,1H3,(H2,26,27,32,33). The highest BCUT2D eigenvalue weighted by molar-refractivity contribution is 6.08. The predicted molar refractivity (Wildman–Crippen MR) is 122 cm³/mol. The van der Waals surface area contributed by atoms with E-state index in [2.05, 4.69) is 10.6 Å². The number of urea groups is 1. The first-order chi connectivity index (χ1) is 15.9. The molecule has 2 aliphatic rings. The van der Waals surface area contributed by atoms with Gasteiger partial charge in [-0.05, 0) is 25.3 Å². The largest absolute Gasteiger partial charge is 0.336 e. The average Bonchev–Trinajstić information content (AvgIpc) is 3.34. The molecule has 4 amide bonds. The lowest BCUT2D eigenvalue weighted by atomic mass is 9.89. The van der Waals surface area contributed by atoms with Gasteiger partial charge in [0, 0.05) is 18.3 Å². The van der Waals surface area contributed by atoms with Crippen molar-refractivity contribution < 1.29 is 14.4 Å². The van der Waals surface area contributed by atoms with E-state index in [1.807, 2.05) is 61.5 Å². The molecule has 0 radical (unpaired) electrons. The number of likely N-dealkylation sites (tertiary alicyclic amines) is 1. The number of benzene rings is 2. The molecule has 5 rings (SSSR count). The average molecular weight is 444 g/mol. The molecule has 0 bridgehead atoms. The molecule has 2 fully saturated rings. The van der Waals surface area contributed by atoms with Crippen LogP contribution in [0.15, 0.2) is 60.8 Å². The summed E-state index contributed by atoms with van der Waals surface area (Å²) < 4.78 is 1.78. The van der Waals surface area contributed by atoms with Gasteiger partial charge in [-0.15, -0.1) is 0 Å². The van der Waals surface area contributed by atoms with Crippen LogP contribution in [0, 0.1) is 6.92 Å². The van der Waals surface area contributed by atoms with E-state index in [4.69, 9.17) is 5.10 Å². The van der Waals surface area contributed by atoms with E-state index in [9.17, 15) is 14.4 Å². The first-order valence-electron chi connectivity index (χ1n) is 11.0. The third-order valence-electron chi connectivity index (χ3n) is 6.30. The Bertz CT molecular complexity index is 1220. The Morgan fingerprint density at radius 3 is 2.55 bits per heavy atom. The number of piperidine rings is 1. The molecule has 1 aromatic heterocycles. The number of amides is 4. The Hall–Kier alpha value is -3.94. The molecule has 2 aliphatic heterocycles. The van der Waals surface area contributed by atoms with Gasteiger partial charge in [-0.3, -0.25) is 19.6 Å². The van der Waals surface area contributed by atoms with Crippen molar-refractivity contribution in [3.63, 3.8) is 0 Å². The second kappa shape index (κ2) is 8.20. The number of nitrogens with zero attached hydrogens (tertiary/aromatic N) is 3. The van der Waals surface area contributed by atoms with Crippen LogP contribution in [0.1, 0.15) is 34.3 Å². The first kappa shape index (κ1) is 20.9. The predicted octanol–water partition coefficient (Wildman–Crippen LogP) is 2.72. The fraction of sp³-hybridized carbons (Fsp3) is 0.280. The summed E-state index contributed by atoms with van der Waals surface area (Å²) in [7, 11) is 0. The number of aromatic nitrogens is 2. The SMILES string of the molecule is Cc1ccc(-c2nn(Cc3ccccc3)cc2C(=O)N2CCCC3(C2)NC(=O)NC3=O)cc1. The van der Waals surface area contributed by atoms with Gasteiger partial charge in [0.05, 0.1) is 18.7 Å². The van der Waals surface area contributed by atoms with Crippen molar-refractivity contribution in [2.45, 2.75) is 31.8 Å².